The van der Waals surface area contributed by atoms with Crippen LogP contribution in [0.5, 0.6) is 0 Å². The zero-order chi connectivity index (χ0) is 11.3. The van der Waals surface area contributed by atoms with E-state index in [-0.39, 0.29) is 6.04 Å². The predicted octanol–water partition coefficient (Wildman–Crippen LogP) is 1.76. The summed E-state index contributed by atoms with van der Waals surface area (Å²) in [4.78, 5) is 13.6. The number of hydrogen-bond donors (Lipinski definition) is 1. The Morgan fingerprint density at radius 1 is 1.47 bits per heavy atom. The van der Waals surface area contributed by atoms with Gasteiger partial charge < -0.3 is 10.6 Å². The summed E-state index contributed by atoms with van der Waals surface area (Å²) in [6.45, 7) is 6.00. The van der Waals surface area contributed by atoms with Gasteiger partial charge in [-0.2, -0.15) is 0 Å². The van der Waals surface area contributed by atoms with Crippen molar-refractivity contribution in [2.45, 2.75) is 52.0 Å². The molecule has 1 saturated heterocycles. The third kappa shape index (κ3) is 3.82. The van der Waals surface area contributed by atoms with Gasteiger partial charge in [-0.15, -0.1) is 0 Å². The molecule has 0 bridgehead atoms. The number of likely N-dealkylation sites (tertiary alicyclic amines) is 1. The number of carbonyl (C=O) groups is 1. The number of nitrogens with zero attached hydrogens (tertiary/aromatic N) is 1. The van der Waals surface area contributed by atoms with Gasteiger partial charge in [0, 0.05) is 25.6 Å². The van der Waals surface area contributed by atoms with Gasteiger partial charge in [0.25, 0.3) is 0 Å². The quantitative estimate of drug-likeness (QED) is 0.729. The average Bonchev–Trinajstić information content (AvgIpc) is 2.48. The van der Waals surface area contributed by atoms with Crippen LogP contribution in [0.3, 0.4) is 0 Å². The van der Waals surface area contributed by atoms with E-state index >= 15 is 0 Å². The minimum absolute atomic E-state index is 0.166. The Labute approximate surface area is 93.0 Å². The molecule has 2 N–H and O–H groups in total. The first-order valence-electron chi connectivity index (χ1n) is 6.20. The molecule has 2 unspecified atom stereocenters. The highest BCUT2D eigenvalue weighted by atomic mass is 16.2. The highest BCUT2D eigenvalue weighted by Gasteiger charge is 2.29. The Morgan fingerprint density at radius 3 is 2.80 bits per heavy atom. The standard InChI is InChI=1S/C12H24N2O/c1-3-5-10-7-12(15)14(8-10)9-11(13)6-4-2/h10-11H,3-9,13H2,1-2H3. The molecule has 0 aromatic heterocycles. The van der Waals surface area contributed by atoms with Crippen LogP contribution in [0, 0.1) is 5.92 Å². The topological polar surface area (TPSA) is 46.3 Å². The molecule has 88 valence electrons. The van der Waals surface area contributed by atoms with Gasteiger partial charge in [-0.25, -0.2) is 0 Å². The monoisotopic (exact) mass is 212 g/mol. The molecule has 1 rings (SSSR count). The van der Waals surface area contributed by atoms with Gasteiger partial charge in [-0.1, -0.05) is 26.7 Å². The third-order valence-corrected chi connectivity index (χ3v) is 3.11. The van der Waals surface area contributed by atoms with Crippen molar-refractivity contribution in [2.75, 3.05) is 13.1 Å². The van der Waals surface area contributed by atoms with E-state index < -0.39 is 0 Å². The lowest BCUT2D eigenvalue weighted by Gasteiger charge is -2.20. The van der Waals surface area contributed by atoms with E-state index in [1.165, 1.54) is 12.8 Å². The summed E-state index contributed by atoms with van der Waals surface area (Å²) in [6, 6.07) is 0.166. The fourth-order valence-electron chi connectivity index (χ4n) is 2.38. The molecule has 0 aliphatic carbocycles. The molecule has 1 aliphatic heterocycles. The zero-order valence-electron chi connectivity index (χ0n) is 10.0. The summed E-state index contributed by atoms with van der Waals surface area (Å²) in [5, 5.41) is 0. The summed E-state index contributed by atoms with van der Waals surface area (Å²) >= 11 is 0. The molecule has 0 radical (unpaired) electrons. The van der Waals surface area contributed by atoms with Gasteiger partial charge in [0.2, 0.25) is 5.91 Å². The Kier molecular flexibility index (Phi) is 5.09. The third-order valence-electron chi connectivity index (χ3n) is 3.11. The molecule has 0 aromatic rings. The van der Waals surface area contributed by atoms with Crippen molar-refractivity contribution in [3.8, 4) is 0 Å². The molecule has 0 aromatic carbocycles. The molecule has 1 amide bonds. The van der Waals surface area contributed by atoms with Crippen LogP contribution < -0.4 is 5.73 Å². The van der Waals surface area contributed by atoms with Gasteiger partial charge in [0.05, 0.1) is 0 Å². The van der Waals surface area contributed by atoms with Gasteiger partial charge in [-0.05, 0) is 18.8 Å². The molecule has 3 heteroatoms. The fraction of sp³-hybridized carbons (Fsp3) is 0.917. The number of carbonyl (C=O) groups excluding carboxylic acids is 1. The van der Waals surface area contributed by atoms with Crippen molar-refractivity contribution in [3.63, 3.8) is 0 Å². The van der Waals surface area contributed by atoms with Crippen LogP contribution >= 0.6 is 0 Å². The molecule has 3 nitrogen and oxygen atoms in total. The average molecular weight is 212 g/mol. The summed E-state index contributed by atoms with van der Waals surface area (Å²) in [5.41, 5.74) is 5.95. The van der Waals surface area contributed by atoms with Crippen molar-refractivity contribution >= 4 is 5.91 Å². The Bertz CT molecular complexity index is 206. The van der Waals surface area contributed by atoms with Crippen LogP contribution in [0.2, 0.25) is 0 Å². The second-order valence-electron chi connectivity index (χ2n) is 4.71. The van der Waals surface area contributed by atoms with Crippen molar-refractivity contribution in [3.05, 3.63) is 0 Å². The molecular formula is C12H24N2O. The maximum atomic E-state index is 11.7. The normalized spacial score (nSPS) is 23.5. The van der Waals surface area contributed by atoms with E-state index in [0.29, 0.717) is 11.8 Å². The molecule has 1 aliphatic rings. The lowest BCUT2D eigenvalue weighted by molar-refractivity contribution is -0.127. The van der Waals surface area contributed by atoms with E-state index in [2.05, 4.69) is 13.8 Å². The maximum Gasteiger partial charge on any atom is 0.222 e. The number of hydrogen-bond acceptors (Lipinski definition) is 2. The first-order valence-corrected chi connectivity index (χ1v) is 6.20. The summed E-state index contributed by atoms with van der Waals surface area (Å²) in [7, 11) is 0. The lowest BCUT2D eigenvalue weighted by Crippen LogP contribution is -2.38. The molecule has 2 atom stereocenters. The highest BCUT2D eigenvalue weighted by molar-refractivity contribution is 5.78. The first kappa shape index (κ1) is 12.5. The van der Waals surface area contributed by atoms with Crippen LogP contribution in [-0.2, 0) is 4.79 Å². The van der Waals surface area contributed by atoms with Gasteiger partial charge >= 0.3 is 0 Å². The lowest BCUT2D eigenvalue weighted by atomic mass is 10.0. The molecule has 0 saturated carbocycles. The minimum Gasteiger partial charge on any atom is -0.341 e. The highest BCUT2D eigenvalue weighted by Crippen LogP contribution is 2.22. The van der Waals surface area contributed by atoms with E-state index in [1.807, 2.05) is 4.90 Å². The Balaban J connectivity index is 2.33. The van der Waals surface area contributed by atoms with Crippen molar-refractivity contribution in [2.24, 2.45) is 11.7 Å². The molecule has 15 heavy (non-hydrogen) atoms. The first-order chi connectivity index (χ1) is 7.17. The summed E-state index contributed by atoms with van der Waals surface area (Å²) in [5.74, 6) is 0.885. The SMILES string of the molecule is CCCC(N)CN1CC(CCC)CC1=O. The second-order valence-corrected chi connectivity index (χ2v) is 4.71. The van der Waals surface area contributed by atoms with Crippen LogP contribution in [0.4, 0.5) is 0 Å². The minimum atomic E-state index is 0.166. The van der Waals surface area contributed by atoms with Gasteiger partial charge in [0.1, 0.15) is 0 Å². The summed E-state index contributed by atoms with van der Waals surface area (Å²) < 4.78 is 0. The predicted molar refractivity (Wildman–Crippen MR) is 62.5 cm³/mol. The Morgan fingerprint density at radius 2 is 2.20 bits per heavy atom. The van der Waals surface area contributed by atoms with Gasteiger partial charge in [0.15, 0.2) is 0 Å². The van der Waals surface area contributed by atoms with E-state index in [1.54, 1.807) is 0 Å². The molecule has 0 spiro atoms. The van der Waals surface area contributed by atoms with Crippen molar-refractivity contribution < 1.29 is 4.79 Å². The van der Waals surface area contributed by atoms with E-state index in [0.717, 1.165) is 32.4 Å². The van der Waals surface area contributed by atoms with E-state index in [9.17, 15) is 4.79 Å². The smallest absolute Gasteiger partial charge is 0.222 e. The summed E-state index contributed by atoms with van der Waals surface area (Å²) in [6.07, 6.45) is 5.20. The van der Waals surface area contributed by atoms with E-state index in [4.69, 9.17) is 5.73 Å². The second kappa shape index (κ2) is 6.11. The molecule has 1 heterocycles. The van der Waals surface area contributed by atoms with Crippen LogP contribution in [-0.4, -0.2) is 29.9 Å². The van der Waals surface area contributed by atoms with Crippen molar-refractivity contribution in [1.29, 1.82) is 0 Å². The van der Waals surface area contributed by atoms with Crippen LogP contribution in [0.25, 0.3) is 0 Å². The molecule has 1 fully saturated rings. The Hall–Kier alpha value is -0.570. The van der Waals surface area contributed by atoms with Crippen molar-refractivity contribution in [1.82, 2.24) is 4.90 Å². The number of amides is 1. The molecular weight excluding hydrogens is 188 g/mol. The maximum absolute atomic E-state index is 11.7. The number of rotatable bonds is 6. The van der Waals surface area contributed by atoms with Crippen LogP contribution in [0.1, 0.15) is 46.0 Å². The zero-order valence-corrected chi connectivity index (χ0v) is 10.0. The van der Waals surface area contributed by atoms with Gasteiger partial charge in [-0.3, -0.25) is 4.79 Å². The largest absolute Gasteiger partial charge is 0.341 e. The van der Waals surface area contributed by atoms with Crippen LogP contribution in [0.15, 0.2) is 0 Å². The fourth-order valence-corrected chi connectivity index (χ4v) is 2.38. The number of nitrogens with two attached hydrogens (primary N) is 1.